The van der Waals surface area contributed by atoms with Crippen molar-refractivity contribution in [1.82, 2.24) is 19.8 Å². The Hall–Kier alpha value is -3.53. The molecule has 2 aliphatic heterocycles. The smallest absolute Gasteiger partial charge is 0.323 e. The molecule has 3 aromatic rings. The third-order valence-corrected chi connectivity index (χ3v) is 6.86. The van der Waals surface area contributed by atoms with Crippen LogP contribution in [-0.2, 0) is 17.8 Å². The molecule has 0 spiro atoms. The third-order valence-electron chi connectivity index (χ3n) is 6.86. The lowest BCUT2D eigenvalue weighted by molar-refractivity contribution is 0.0902. The maximum absolute atomic E-state index is 12.6. The highest BCUT2D eigenvalue weighted by atomic mass is 16.5. The van der Waals surface area contributed by atoms with Crippen molar-refractivity contribution in [3.05, 3.63) is 65.9 Å². The van der Waals surface area contributed by atoms with Gasteiger partial charge in [-0.2, -0.15) is 0 Å². The van der Waals surface area contributed by atoms with Crippen LogP contribution in [0.2, 0.25) is 0 Å². The monoisotopic (exact) mass is 515 g/mol. The number of nitrogens with one attached hydrogen (secondary N) is 2. The van der Waals surface area contributed by atoms with Crippen LogP contribution < -0.4 is 15.5 Å². The molecule has 2 unspecified atom stereocenters. The Bertz CT molecular complexity index is 1230. The average molecular weight is 516 g/mol. The normalized spacial score (nSPS) is 18.7. The highest BCUT2D eigenvalue weighted by Gasteiger charge is 2.38. The lowest BCUT2D eigenvalue weighted by atomic mass is 10.1. The molecule has 2 bridgehead atoms. The van der Waals surface area contributed by atoms with E-state index in [1.165, 1.54) is 5.56 Å². The summed E-state index contributed by atoms with van der Waals surface area (Å²) >= 11 is 0. The summed E-state index contributed by atoms with van der Waals surface area (Å²) in [5.74, 6) is 1.67. The predicted octanol–water partition coefficient (Wildman–Crippen LogP) is 4.28. The van der Waals surface area contributed by atoms with Gasteiger partial charge in [0.25, 0.3) is 0 Å². The van der Waals surface area contributed by atoms with Gasteiger partial charge in [-0.15, -0.1) is 0 Å². The van der Waals surface area contributed by atoms with E-state index in [9.17, 15) is 4.79 Å². The summed E-state index contributed by atoms with van der Waals surface area (Å²) in [6, 6.07) is 18.1. The maximum Gasteiger partial charge on any atom is 0.323 e. The molecule has 0 saturated carbocycles. The molecule has 2 saturated heterocycles. The minimum absolute atomic E-state index is 0.285. The van der Waals surface area contributed by atoms with E-state index in [0.717, 1.165) is 61.9 Å². The largest absolute Gasteiger partial charge is 0.377 e. The van der Waals surface area contributed by atoms with Gasteiger partial charge in [-0.3, -0.25) is 0 Å². The number of carbonyl (C=O) groups excluding carboxylic acids is 1. The second kappa shape index (κ2) is 11.5. The number of amides is 2. The van der Waals surface area contributed by atoms with Crippen LogP contribution in [0, 0.1) is 0 Å². The molecule has 200 valence electrons. The van der Waals surface area contributed by atoms with Crippen LogP contribution in [0.25, 0.3) is 11.4 Å². The third kappa shape index (κ3) is 6.30. The fourth-order valence-electron chi connectivity index (χ4n) is 5.21. The molecule has 3 heterocycles. The van der Waals surface area contributed by atoms with Crippen molar-refractivity contribution in [2.24, 2.45) is 0 Å². The Morgan fingerprint density at radius 2 is 1.45 bits per heavy atom. The molecule has 2 fully saturated rings. The summed E-state index contributed by atoms with van der Waals surface area (Å²) in [6.45, 7) is 3.09. The minimum Gasteiger partial charge on any atom is -0.377 e. The Balaban J connectivity index is 1.29. The van der Waals surface area contributed by atoms with E-state index in [2.05, 4.69) is 31.4 Å². The molecular weight excluding hydrogens is 478 g/mol. The zero-order chi connectivity index (χ0) is 26.6. The Morgan fingerprint density at radius 1 is 0.868 bits per heavy atom. The first-order chi connectivity index (χ1) is 18.3. The van der Waals surface area contributed by atoms with Gasteiger partial charge in [0.2, 0.25) is 0 Å². The number of aromatic nitrogens is 2. The molecule has 9 nitrogen and oxygen atoms in total. The summed E-state index contributed by atoms with van der Waals surface area (Å²) in [6.07, 6.45) is 2.27. The number of urea groups is 1. The lowest BCUT2D eigenvalue weighted by Gasteiger charge is -2.36. The zero-order valence-corrected chi connectivity index (χ0v) is 22.6. The number of fused-ring (bicyclic) bond motifs is 2. The molecule has 38 heavy (non-hydrogen) atoms. The highest BCUT2D eigenvalue weighted by molar-refractivity contribution is 5.99. The van der Waals surface area contributed by atoms with Crippen LogP contribution in [-0.4, -0.2) is 79.3 Å². The summed E-state index contributed by atoms with van der Waals surface area (Å²) in [7, 11) is 8.15. The van der Waals surface area contributed by atoms with Gasteiger partial charge in [0.05, 0.1) is 31.0 Å². The maximum atomic E-state index is 12.6. The van der Waals surface area contributed by atoms with E-state index in [1.54, 1.807) is 0 Å². The molecular formula is C29H37N7O2. The minimum atomic E-state index is -0.285. The molecule has 0 radical (unpaired) electrons. The number of hydrogen-bond donors (Lipinski definition) is 2. The van der Waals surface area contributed by atoms with Gasteiger partial charge in [0.15, 0.2) is 5.82 Å². The van der Waals surface area contributed by atoms with Gasteiger partial charge < -0.3 is 30.1 Å². The van der Waals surface area contributed by atoms with Crippen molar-refractivity contribution in [1.29, 1.82) is 0 Å². The number of carbonyl (C=O) groups is 1. The van der Waals surface area contributed by atoms with Crippen molar-refractivity contribution in [2.75, 3.05) is 56.9 Å². The van der Waals surface area contributed by atoms with Gasteiger partial charge in [-0.25, -0.2) is 14.8 Å². The number of morpholine rings is 1. The standard InChI is InChI=1S/C29H37N7O2/c1-34(2)16-20-5-9-22(10-6-20)31-29(37)32-23-11-7-21(8-12-23)28-30-24(17-35(3)4)15-27(33-28)36-25-13-14-26(36)19-38-18-25/h5-12,15,25-26H,13-14,16-19H2,1-4H3,(H2,31,32,37). The molecule has 9 heteroatoms. The fraction of sp³-hybridized carbons (Fsp3) is 0.414. The Morgan fingerprint density at radius 3 is 2.03 bits per heavy atom. The second-order valence-electron chi connectivity index (χ2n) is 10.7. The van der Waals surface area contributed by atoms with Crippen LogP contribution in [0.5, 0.6) is 0 Å². The summed E-state index contributed by atoms with van der Waals surface area (Å²) in [5.41, 5.74) is 4.54. The van der Waals surface area contributed by atoms with Crippen molar-refractivity contribution in [3.8, 4) is 11.4 Å². The van der Waals surface area contributed by atoms with Gasteiger partial charge in [0.1, 0.15) is 5.82 Å². The van der Waals surface area contributed by atoms with Gasteiger partial charge >= 0.3 is 6.03 Å². The lowest BCUT2D eigenvalue weighted by Crippen LogP contribution is -2.46. The summed E-state index contributed by atoms with van der Waals surface area (Å²) in [5, 5.41) is 5.80. The number of hydrogen-bond acceptors (Lipinski definition) is 7. The summed E-state index contributed by atoms with van der Waals surface area (Å²) < 4.78 is 5.78. The van der Waals surface area contributed by atoms with Crippen LogP contribution in [0.4, 0.5) is 22.0 Å². The van der Waals surface area contributed by atoms with Crippen LogP contribution >= 0.6 is 0 Å². The van der Waals surface area contributed by atoms with Crippen molar-refractivity contribution < 1.29 is 9.53 Å². The zero-order valence-electron chi connectivity index (χ0n) is 22.6. The molecule has 0 aliphatic carbocycles. The van der Waals surface area contributed by atoms with Crippen LogP contribution in [0.3, 0.4) is 0 Å². The number of benzene rings is 2. The van der Waals surface area contributed by atoms with Crippen molar-refractivity contribution in [2.45, 2.75) is 38.0 Å². The molecule has 2 N–H and O–H groups in total. The van der Waals surface area contributed by atoms with Crippen molar-refractivity contribution >= 4 is 23.2 Å². The summed E-state index contributed by atoms with van der Waals surface area (Å²) in [4.78, 5) is 29.1. The number of nitrogens with zero attached hydrogens (tertiary/aromatic N) is 5. The van der Waals surface area contributed by atoms with Gasteiger partial charge in [-0.05, 0) is 83.0 Å². The molecule has 2 aliphatic rings. The van der Waals surface area contributed by atoms with Crippen LogP contribution in [0.15, 0.2) is 54.6 Å². The fourth-order valence-corrected chi connectivity index (χ4v) is 5.21. The second-order valence-corrected chi connectivity index (χ2v) is 10.7. The van der Waals surface area contributed by atoms with E-state index < -0.39 is 0 Å². The first-order valence-electron chi connectivity index (χ1n) is 13.1. The number of ether oxygens (including phenoxy) is 1. The van der Waals surface area contributed by atoms with E-state index in [-0.39, 0.29) is 6.03 Å². The topological polar surface area (TPSA) is 85.9 Å². The molecule has 2 atom stereocenters. The van der Waals surface area contributed by atoms with Crippen molar-refractivity contribution in [3.63, 3.8) is 0 Å². The first kappa shape index (κ1) is 26.1. The molecule has 2 amide bonds. The molecule has 1 aromatic heterocycles. The quantitative estimate of drug-likeness (QED) is 0.463. The van der Waals surface area contributed by atoms with Crippen LogP contribution in [0.1, 0.15) is 24.1 Å². The van der Waals surface area contributed by atoms with E-state index in [4.69, 9.17) is 14.7 Å². The average Bonchev–Trinajstić information content (AvgIpc) is 3.13. The predicted molar refractivity (Wildman–Crippen MR) is 151 cm³/mol. The van der Waals surface area contributed by atoms with E-state index in [0.29, 0.717) is 23.6 Å². The Labute approximate surface area is 224 Å². The van der Waals surface area contributed by atoms with E-state index in [1.807, 2.05) is 76.7 Å². The van der Waals surface area contributed by atoms with Gasteiger partial charge in [-0.1, -0.05) is 12.1 Å². The van der Waals surface area contributed by atoms with Gasteiger partial charge in [0, 0.05) is 36.1 Å². The van der Waals surface area contributed by atoms with E-state index >= 15 is 0 Å². The Kier molecular flexibility index (Phi) is 7.87. The highest BCUT2D eigenvalue weighted by Crippen LogP contribution is 2.34. The SMILES string of the molecule is CN(C)Cc1ccc(NC(=O)Nc2ccc(-c3nc(CN(C)C)cc(N4C5CCC4COC5)n3)cc2)cc1. The number of anilines is 3. The molecule has 2 aromatic carbocycles. The number of rotatable bonds is 8. The molecule has 5 rings (SSSR count). The first-order valence-corrected chi connectivity index (χ1v) is 13.1.